The SMILES string of the molecule is Cc1c(C(=O)N/N=C\c2cc(C)n(-c3ccc(Br)cc3)c2C)sc2ncnc(N)c12. The number of hydrogen-bond acceptors (Lipinski definition) is 6. The number of anilines is 1. The molecule has 7 nitrogen and oxygen atoms in total. The second-order valence-corrected chi connectivity index (χ2v) is 8.75. The van der Waals surface area contributed by atoms with Crippen molar-refractivity contribution in [3.8, 4) is 5.69 Å². The van der Waals surface area contributed by atoms with Gasteiger partial charge in [-0.2, -0.15) is 5.10 Å². The lowest BCUT2D eigenvalue weighted by molar-refractivity contribution is 0.0958. The second-order valence-electron chi connectivity index (χ2n) is 6.83. The summed E-state index contributed by atoms with van der Waals surface area (Å²) in [4.78, 5) is 22.0. The summed E-state index contributed by atoms with van der Waals surface area (Å²) in [6.45, 7) is 5.90. The Kier molecular flexibility index (Phi) is 5.40. The fourth-order valence-corrected chi connectivity index (χ4v) is 4.74. The standard InChI is InChI=1S/C21H19BrN6OS/c1-11-8-14(13(3)28(11)16-6-4-15(22)5-7-16)9-26-27-20(29)18-12(2)17-19(23)24-10-25-21(17)30-18/h4-10H,1-3H3,(H,27,29)(H2,23,24,25)/b26-9-. The molecule has 0 spiro atoms. The fourth-order valence-electron chi connectivity index (χ4n) is 3.43. The molecule has 0 aliphatic heterocycles. The number of rotatable bonds is 4. The van der Waals surface area contributed by atoms with E-state index in [-0.39, 0.29) is 5.91 Å². The van der Waals surface area contributed by atoms with Gasteiger partial charge in [-0.05, 0) is 56.7 Å². The zero-order valence-electron chi connectivity index (χ0n) is 16.6. The van der Waals surface area contributed by atoms with Crippen molar-refractivity contribution in [1.29, 1.82) is 0 Å². The van der Waals surface area contributed by atoms with E-state index in [0.717, 1.165) is 38.1 Å². The number of benzene rings is 1. The smallest absolute Gasteiger partial charge is 0.281 e. The normalized spacial score (nSPS) is 11.5. The third-order valence-corrected chi connectivity index (χ3v) is 6.61. The largest absolute Gasteiger partial charge is 0.383 e. The van der Waals surface area contributed by atoms with Gasteiger partial charge in [-0.3, -0.25) is 4.79 Å². The summed E-state index contributed by atoms with van der Waals surface area (Å²) < 4.78 is 3.18. The minimum Gasteiger partial charge on any atom is -0.383 e. The first-order valence-electron chi connectivity index (χ1n) is 9.14. The molecule has 0 saturated carbocycles. The summed E-state index contributed by atoms with van der Waals surface area (Å²) >= 11 is 4.74. The molecule has 4 aromatic rings. The van der Waals surface area contributed by atoms with Crippen molar-refractivity contribution >= 4 is 55.4 Å². The molecule has 4 rings (SSSR count). The molecule has 0 atom stereocenters. The predicted octanol–water partition coefficient (Wildman–Crippen LogP) is 4.52. The number of aromatic nitrogens is 3. The molecule has 0 aliphatic carbocycles. The zero-order valence-corrected chi connectivity index (χ0v) is 19.0. The number of nitrogens with one attached hydrogen (secondary N) is 1. The maximum Gasteiger partial charge on any atom is 0.281 e. The van der Waals surface area contributed by atoms with Gasteiger partial charge in [0.2, 0.25) is 0 Å². The number of carbonyl (C=O) groups is 1. The summed E-state index contributed by atoms with van der Waals surface area (Å²) in [6.07, 6.45) is 3.06. The minimum atomic E-state index is -0.298. The summed E-state index contributed by atoms with van der Waals surface area (Å²) in [5.41, 5.74) is 13.4. The van der Waals surface area contributed by atoms with Crippen LogP contribution in [-0.2, 0) is 0 Å². The number of nitrogens with zero attached hydrogens (tertiary/aromatic N) is 4. The van der Waals surface area contributed by atoms with E-state index in [1.165, 1.54) is 17.7 Å². The topological polar surface area (TPSA) is 98.2 Å². The summed E-state index contributed by atoms with van der Waals surface area (Å²) in [6, 6.07) is 10.1. The Hall–Kier alpha value is -3.04. The molecule has 0 bridgehead atoms. The molecule has 3 aromatic heterocycles. The van der Waals surface area contributed by atoms with E-state index in [4.69, 9.17) is 5.73 Å². The Morgan fingerprint density at radius 1 is 1.23 bits per heavy atom. The highest BCUT2D eigenvalue weighted by Crippen LogP contribution is 2.31. The Bertz CT molecular complexity index is 1290. The van der Waals surface area contributed by atoms with Crippen LogP contribution in [0.4, 0.5) is 5.82 Å². The van der Waals surface area contributed by atoms with Crippen molar-refractivity contribution in [2.45, 2.75) is 20.8 Å². The van der Waals surface area contributed by atoms with Crippen LogP contribution in [-0.4, -0.2) is 26.7 Å². The van der Waals surface area contributed by atoms with Crippen LogP contribution in [0.3, 0.4) is 0 Å². The van der Waals surface area contributed by atoms with E-state index in [2.05, 4.69) is 41.0 Å². The molecule has 1 aromatic carbocycles. The molecule has 0 radical (unpaired) electrons. The van der Waals surface area contributed by atoms with Crippen molar-refractivity contribution in [2.75, 3.05) is 5.73 Å². The first-order valence-corrected chi connectivity index (χ1v) is 10.8. The van der Waals surface area contributed by atoms with Crippen LogP contribution in [0.5, 0.6) is 0 Å². The number of halogens is 1. The van der Waals surface area contributed by atoms with Gasteiger partial charge in [0.25, 0.3) is 5.91 Å². The molecule has 9 heteroatoms. The number of fused-ring (bicyclic) bond motifs is 1. The van der Waals surface area contributed by atoms with Crippen LogP contribution in [0.25, 0.3) is 15.9 Å². The van der Waals surface area contributed by atoms with Crippen molar-refractivity contribution in [3.63, 3.8) is 0 Å². The highest BCUT2D eigenvalue weighted by molar-refractivity contribution is 9.10. The average molecular weight is 483 g/mol. The molecule has 0 aliphatic rings. The number of carbonyl (C=O) groups excluding carboxylic acids is 1. The van der Waals surface area contributed by atoms with Crippen molar-refractivity contribution in [1.82, 2.24) is 20.0 Å². The summed E-state index contributed by atoms with van der Waals surface area (Å²) in [5.74, 6) is 0.0737. The van der Waals surface area contributed by atoms with Crippen LogP contribution in [0, 0.1) is 20.8 Å². The van der Waals surface area contributed by atoms with Gasteiger partial charge in [0, 0.05) is 27.1 Å². The minimum absolute atomic E-state index is 0.298. The number of hydrazone groups is 1. The second kappa shape index (κ2) is 8.00. The first-order chi connectivity index (χ1) is 14.4. The molecule has 152 valence electrons. The third kappa shape index (κ3) is 3.61. The van der Waals surface area contributed by atoms with E-state index in [1.54, 1.807) is 6.21 Å². The molecule has 1 amide bonds. The van der Waals surface area contributed by atoms with Gasteiger partial charge in [-0.15, -0.1) is 11.3 Å². The van der Waals surface area contributed by atoms with Crippen LogP contribution < -0.4 is 11.2 Å². The molecule has 30 heavy (non-hydrogen) atoms. The Labute approximate surface area is 185 Å². The number of hydrogen-bond donors (Lipinski definition) is 2. The molecule has 3 heterocycles. The molecule has 3 N–H and O–H groups in total. The van der Waals surface area contributed by atoms with Gasteiger partial charge in [0.15, 0.2) is 0 Å². The lowest BCUT2D eigenvalue weighted by Gasteiger charge is -2.09. The van der Waals surface area contributed by atoms with E-state index in [0.29, 0.717) is 15.5 Å². The number of amides is 1. The third-order valence-electron chi connectivity index (χ3n) is 4.89. The van der Waals surface area contributed by atoms with Crippen molar-refractivity contribution in [2.24, 2.45) is 5.10 Å². The van der Waals surface area contributed by atoms with Gasteiger partial charge in [0.1, 0.15) is 17.0 Å². The van der Waals surface area contributed by atoms with Gasteiger partial charge in [-0.1, -0.05) is 15.9 Å². The van der Waals surface area contributed by atoms with Gasteiger partial charge < -0.3 is 10.3 Å². The highest BCUT2D eigenvalue weighted by atomic mass is 79.9. The predicted molar refractivity (Wildman–Crippen MR) is 125 cm³/mol. The van der Waals surface area contributed by atoms with Gasteiger partial charge in [-0.25, -0.2) is 15.4 Å². The monoisotopic (exact) mass is 482 g/mol. The Morgan fingerprint density at radius 3 is 2.67 bits per heavy atom. The van der Waals surface area contributed by atoms with Gasteiger partial charge >= 0.3 is 0 Å². The number of aryl methyl sites for hydroxylation is 2. The number of thiophene rings is 1. The molecule has 0 fully saturated rings. The highest BCUT2D eigenvalue weighted by Gasteiger charge is 2.18. The Balaban J connectivity index is 1.56. The quantitative estimate of drug-likeness (QED) is 0.330. The fraction of sp³-hybridized carbons (Fsp3) is 0.143. The molecular weight excluding hydrogens is 464 g/mol. The van der Waals surface area contributed by atoms with Crippen LogP contribution in [0.1, 0.15) is 32.2 Å². The van der Waals surface area contributed by atoms with Crippen LogP contribution >= 0.6 is 27.3 Å². The Morgan fingerprint density at radius 2 is 1.97 bits per heavy atom. The van der Waals surface area contributed by atoms with E-state index >= 15 is 0 Å². The number of nitrogen functional groups attached to an aromatic ring is 1. The van der Waals surface area contributed by atoms with E-state index in [9.17, 15) is 4.79 Å². The average Bonchev–Trinajstić information content (AvgIpc) is 3.20. The summed E-state index contributed by atoms with van der Waals surface area (Å²) in [5, 5.41) is 4.89. The lowest BCUT2D eigenvalue weighted by atomic mass is 10.2. The first kappa shape index (κ1) is 20.2. The van der Waals surface area contributed by atoms with E-state index < -0.39 is 0 Å². The molecular formula is C21H19BrN6OS. The molecule has 0 saturated heterocycles. The van der Waals surface area contributed by atoms with E-state index in [1.807, 2.05) is 51.1 Å². The maximum atomic E-state index is 12.6. The zero-order chi connectivity index (χ0) is 21.4. The molecule has 0 unspecified atom stereocenters. The van der Waals surface area contributed by atoms with Crippen LogP contribution in [0.2, 0.25) is 0 Å². The summed E-state index contributed by atoms with van der Waals surface area (Å²) in [7, 11) is 0. The van der Waals surface area contributed by atoms with Crippen molar-refractivity contribution in [3.05, 3.63) is 68.5 Å². The van der Waals surface area contributed by atoms with Gasteiger partial charge in [0.05, 0.1) is 16.5 Å². The number of nitrogens with two attached hydrogens (primary N) is 1. The lowest BCUT2D eigenvalue weighted by Crippen LogP contribution is -2.17. The maximum absolute atomic E-state index is 12.6. The van der Waals surface area contributed by atoms with Crippen LogP contribution in [0.15, 0.2) is 46.2 Å². The van der Waals surface area contributed by atoms with Crippen molar-refractivity contribution < 1.29 is 4.79 Å².